The summed E-state index contributed by atoms with van der Waals surface area (Å²) >= 11 is 0. The molecule has 0 saturated heterocycles. The lowest BCUT2D eigenvalue weighted by atomic mass is 9.82. The Bertz CT molecular complexity index is 857. The van der Waals surface area contributed by atoms with E-state index >= 15 is 0 Å². The number of hydrogen-bond acceptors (Lipinski definition) is 4. The summed E-state index contributed by atoms with van der Waals surface area (Å²) < 4.78 is 38.2. The number of benzene rings is 2. The van der Waals surface area contributed by atoms with Gasteiger partial charge >= 0.3 is 0 Å². The van der Waals surface area contributed by atoms with Crippen molar-refractivity contribution in [2.45, 2.75) is 44.0 Å². The Hall–Kier alpha value is -2.05. The van der Waals surface area contributed by atoms with E-state index in [9.17, 15) is 8.42 Å². The Morgan fingerprint density at radius 1 is 1.04 bits per heavy atom. The molecule has 0 aromatic heterocycles. The van der Waals surface area contributed by atoms with Crippen LogP contribution in [0.4, 0.5) is 0 Å². The molecule has 0 radical (unpaired) electrons. The van der Waals surface area contributed by atoms with E-state index in [1.165, 1.54) is 0 Å². The van der Waals surface area contributed by atoms with Crippen LogP contribution in [-0.2, 0) is 22.0 Å². The van der Waals surface area contributed by atoms with Crippen molar-refractivity contribution >= 4 is 10.0 Å². The first kappa shape index (κ1) is 17.8. The summed E-state index contributed by atoms with van der Waals surface area (Å²) in [7, 11) is -3.56. The van der Waals surface area contributed by atoms with Gasteiger partial charge in [0.15, 0.2) is 11.5 Å². The van der Waals surface area contributed by atoms with E-state index in [2.05, 4.69) is 25.5 Å². The molecule has 2 aromatic rings. The Balaban J connectivity index is 1.71. The van der Waals surface area contributed by atoms with Crippen LogP contribution in [0.5, 0.6) is 11.5 Å². The van der Waals surface area contributed by atoms with E-state index in [4.69, 9.17) is 9.47 Å². The van der Waals surface area contributed by atoms with Crippen molar-refractivity contribution < 1.29 is 17.9 Å². The van der Waals surface area contributed by atoms with E-state index in [1.807, 2.05) is 18.2 Å². The van der Waals surface area contributed by atoms with Crippen molar-refractivity contribution in [3.63, 3.8) is 0 Å². The van der Waals surface area contributed by atoms with Gasteiger partial charge in [0.05, 0.1) is 4.90 Å². The van der Waals surface area contributed by atoms with Gasteiger partial charge in [-0.2, -0.15) is 0 Å². The molecule has 0 atom stereocenters. The summed E-state index contributed by atoms with van der Waals surface area (Å²) in [6.45, 7) is 6.81. The Morgan fingerprint density at radius 3 is 2.40 bits per heavy atom. The van der Waals surface area contributed by atoms with Crippen LogP contribution in [0.1, 0.15) is 38.3 Å². The summed E-state index contributed by atoms with van der Waals surface area (Å²) in [5.74, 6) is 1.32. The van der Waals surface area contributed by atoms with Gasteiger partial charge in [0.2, 0.25) is 16.8 Å². The highest BCUT2D eigenvalue weighted by Crippen LogP contribution is 2.32. The zero-order chi connectivity index (χ0) is 18.1. The molecule has 3 rings (SSSR count). The van der Waals surface area contributed by atoms with Crippen molar-refractivity contribution in [2.75, 3.05) is 6.79 Å². The standard InChI is InChI=1S/C19H23NO4S/c1-4-19(2,3)15-6-8-16(9-7-15)25(21,22)20-12-14-5-10-17-18(11-14)24-13-23-17/h5-11,20H,4,12-13H2,1-3H3. The van der Waals surface area contributed by atoms with Gasteiger partial charge in [-0.05, 0) is 47.2 Å². The molecule has 0 bridgehead atoms. The molecule has 0 aliphatic carbocycles. The SMILES string of the molecule is CCC(C)(C)c1ccc(S(=O)(=O)NCc2ccc3c(c2)OCO3)cc1. The average molecular weight is 361 g/mol. The maximum Gasteiger partial charge on any atom is 0.240 e. The smallest absolute Gasteiger partial charge is 0.240 e. The van der Waals surface area contributed by atoms with Gasteiger partial charge in [-0.3, -0.25) is 0 Å². The Kier molecular flexibility index (Phi) is 4.75. The van der Waals surface area contributed by atoms with E-state index in [-0.39, 0.29) is 23.6 Å². The lowest BCUT2D eigenvalue weighted by molar-refractivity contribution is 0.174. The van der Waals surface area contributed by atoms with E-state index in [0.717, 1.165) is 17.5 Å². The third-order valence-electron chi connectivity index (χ3n) is 4.73. The normalized spacial score (nSPS) is 13.9. The number of hydrogen-bond donors (Lipinski definition) is 1. The fraction of sp³-hybridized carbons (Fsp3) is 0.368. The van der Waals surface area contributed by atoms with Crippen LogP contribution in [0.15, 0.2) is 47.4 Å². The molecule has 1 aliphatic heterocycles. The van der Waals surface area contributed by atoms with Crippen molar-refractivity contribution in [2.24, 2.45) is 0 Å². The Labute approximate surface area is 149 Å². The summed E-state index contributed by atoms with van der Waals surface area (Å²) in [4.78, 5) is 0.267. The lowest BCUT2D eigenvalue weighted by Crippen LogP contribution is -2.23. The summed E-state index contributed by atoms with van der Waals surface area (Å²) in [5, 5.41) is 0. The topological polar surface area (TPSA) is 64.6 Å². The molecule has 0 unspecified atom stereocenters. The lowest BCUT2D eigenvalue weighted by Gasteiger charge is -2.23. The van der Waals surface area contributed by atoms with Crippen molar-refractivity contribution in [1.82, 2.24) is 4.72 Å². The van der Waals surface area contributed by atoms with Gasteiger partial charge in [-0.15, -0.1) is 0 Å². The number of sulfonamides is 1. The summed E-state index contributed by atoms with van der Waals surface area (Å²) in [5.41, 5.74) is 1.98. The zero-order valence-electron chi connectivity index (χ0n) is 14.7. The number of ether oxygens (including phenoxy) is 2. The third kappa shape index (κ3) is 3.80. The second kappa shape index (κ2) is 6.69. The van der Waals surface area contributed by atoms with Crippen LogP contribution >= 0.6 is 0 Å². The van der Waals surface area contributed by atoms with E-state index in [0.29, 0.717) is 11.5 Å². The molecule has 0 fully saturated rings. The van der Waals surface area contributed by atoms with Crippen LogP contribution in [-0.4, -0.2) is 15.2 Å². The quantitative estimate of drug-likeness (QED) is 0.854. The van der Waals surface area contributed by atoms with Crippen molar-refractivity contribution in [3.05, 3.63) is 53.6 Å². The monoisotopic (exact) mass is 361 g/mol. The van der Waals surface area contributed by atoms with Gasteiger partial charge in [-0.1, -0.05) is 39.0 Å². The molecule has 0 saturated carbocycles. The molecule has 1 N–H and O–H groups in total. The molecule has 0 amide bonds. The number of nitrogens with one attached hydrogen (secondary N) is 1. The first-order chi connectivity index (χ1) is 11.8. The minimum Gasteiger partial charge on any atom is -0.454 e. The third-order valence-corrected chi connectivity index (χ3v) is 6.15. The predicted molar refractivity (Wildman–Crippen MR) is 96.3 cm³/mol. The average Bonchev–Trinajstić information content (AvgIpc) is 3.08. The fourth-order valence-electron chi connectivity index (χ4n) is 2.60. The first-order valence-electron chi connectivity index (χ1n) is 8.30. The number of fused-ring (bicyclic) bond motifs is 1. The maximum atomic E-state index is 12.5. The zero-order valence-corrected chi connectivity index (χ0v) is 15.5. The van der Waals surface area contributed by atoms with Crippen LogP contribution in [0.25, 0.3) is 0 Å². The molecular formula is C19H23NO4S. The number of rotatable bonds is 6. The molecule has 6 heteroatoms. The van der Waals surface area contributed by atoms with Crippen molar-refractivity contribution in [3.8, 4) is 11.5 Å². The van der Waals surface area contributed by atoms with Gasteiger partial charge in [0.1, 0.15) is 0 Å². The highest BCUT2D eigenvalue weighted by Gasteiger charge is 2.20. The van der Waals surface area contributed by atoms with Gasteiger partial charge < -0.3 is 9.47 Å². The molecule has 25 heavy (non-hydrogen) atoms. The minimum absolute atomic E-state index is 0.0300. The minimum atomic E-state index is -3.56. The van der Waals surface area contributed by atoms with E-state index in [1.54, 1.807) is 24.3 Å². The van der Waals surface area contributed by atoms with Crippen LogP contribution in [0, 0.1) is 0 Å². The highest BCUT2D eigenvalue weighted by atomic mass is 32.2. The molecule has 5 nitrogen and oxygen atoms in total. The maximum absolute atomic E-state index is 12.5. The molecule has 1 heterocycles. The molecule has 134 valence electrons. The molecule has 0 spiro atoms. The van der Waals surface area contributed by atoms with Crippen molar-refractivity contribution in [1.29, 1.82) is 0 Å². The highest BCUT2D eigenvalue weighted by molar-refractivity contribution is 7.89. The predicted octanol–water partition coefficient (Wildman–Crippen LogP) is 3.58. The molecule has 1 aliphatic rings. The van der Waals surface area contributed by atoms with Crippen LogP contribution in [0.2, 0.25) is 0 Å². The second-order valence-corrected chi connectivity index (χ2v) is 8.54. The molecular weight excluding hydrogens is 338 g/mol. The summed E-state index contributed by atoms with van der Waals surface area (Å²) in [6.07, 6.45) is 0.988. The Morgan fingerprint density at radius 2 is 1.72 bits per heavy atom. The van der Waals surface area contributed by atoms with Crippen LogP contribution in [0.3, 0.4) is 0 Å². The van der Waals surface area contributed by atoms with Gasteiger partial charge in [0, 0.05) is 6.54 Å². The molecule has 2 aromatic carbocycles. The second-order valence-electron chi connectivity index (χ2n) is 6.77. The van der Waals surface area contributed by atoms with Gasteiger partial charge in [-0.25, -0.2) is 13.1 Å². The fourth-order valence-corrected chi connectivity index (χ4v) is 3.62. The van der Waals surface area contributed by atoms with E-state index < -0.39 is 10.0 Å². The first-order valence-corrected chi connectivity index (χ1v) is 9.79. The largest absolute Gasteiger partial charge is 0.454 e. The summed E-state index contributed by atoms with van der Waals surface area (Å²) in [6, 6.07) is 12.5. The van der Waals surface area contributed by atoms with Crippen LogP contribution < -0.4 is 14.2 Å². The van der Waals surface area contributed by atoms with Gasteiger partial charge in [0.25, 0.3) is 0 Å².